The Bertz CT molecular complexity index is 483. The van der Waals surface area contributed by atoms with Gasteiger partial charge in [-0.25, -0.2) is 4.79 Å². The van der Waals surface area contributed by atoms with Gasteiger partial charge in [-0.1, -0.05) is 0 Å². The zero-order chi connectivity index (χ0) is 16.2. The maximum atomic E-state index is 12.6. The van der Waals surface area contributed by atoms with E-state index in [0.29, 0.717) is 24.5 Å². The summed E-state index contributed by atoms with van der Waals surface area (Å²) < 4.78 is 0. The van der Waals surface area contributed by atoms with E-state index in [4.69, 9.17) is 0 Å². The van der Waals surface area contributed by atoms with Crippen LogP contribution in [0, 0.1) is 23.2 Å². The molecule has 0 aromatic carbocycles. The van der Waals surface area contributed by atoms with Gasteiger partial charge in [-0.05, 0) is 70.1 Å². The van der Waals surface area contributed by atoms with Gasteiger partial charge >= 0.3 is 6.03 Å². The number of nitrogens with zero attached hydrogens (tertiary/aromatic N) is 1. The number of carbonyl (C=O) groups is 2. The first-order valence-corrected chi connectivity index (χ1v) is 9.41. The van der Waals surface area contributed by atoms with Crippen molar-refractivity contribution >= 4 is 11.9 Å². The summed E-state index contributed by atoms with van der Waals surface area (Å²) in [5.41, 5.74) is 0.441. The van der Waals surface area contributed by atoms with Gasteiger partial charge in [0.25, 0.3) is 5.91 Å². The zero-order valence-electron chi connectivity index (χ0n) is 14.4. The van der Waals surface area contributed by atoms with E-state index in [1.807, 2.05) is 6.92 Å². The van der Waals surface area contributed by atoms with Crippen LogP contribution in [0.25, 0.3) is 0 Å². The van der Waals surface area contributed by atoms with Crippen molar-refractivity contribution in [3.8, 4) is 0 Å². The summed E-state index contributed by atoms with van der Waals surface area (Å²) in [4.78, 5) is 25.6. The first-order valence-electron chi connectivity index (χ1n) is 9.41. The van der Waals surface area contributed by atoms with Crippen LogP contribution in [0.2, 0.25) is 0 Å². The summed E-state index contributed by atoms with van der Waals surface area (Å²) in [6, 6.07) is 0.0834. The molecule has 4 aliphatic carbocycles. The molecule has 1 saturated heterocycles. The number of imide groups is 1. The molecule has 0 radical (unpaired) electrons. The van der Waals surface area contributed by atoms with Gasteiger partial charge in [0.1, 0.15) is 0 Å². The standard InChI is InChI=1S/C18H29N3O2/c1-11(16(22)21-4-3-19-17(21)23)20-12(2)18-8-13-5-14(9-18)7-15(6-13)10-18/h11-15,20H,3-10H2,1-2H3,(H,19,23)/p+1/t11-,12-,13?,14?,15?,18?/m0/s1. The molecular weight excluding hydrogens is 290 g/mol. The highest BCUT2D eigenvalue weighted by Crippen LogP contribution is 2.60. The van der Waals surface area contributed by atoms with Crippen LogP contribution >= 0.6 is 0 Å². The highest BCUT2D eigenvalue weighted by atomic mass is 16.2. The number of urea groups is 1. The lowest BCUT2D eigenvalue weighted by molar-refractivity contribution is -0.719. The van der Waals surface area contributed by atoms with Crippen molar-refractivity contribution in [2.75, 3.05) is 13.1 Å². The molecular formula is C18H30N3O2+. The number of nitrogens with one attached hydrogen (secondary N) is 1. The van der Waals surface area contributed by atoms with Gasteiger partial charge in [-0.2, -0.15) is 0 Å². The Morgan fingerprint density at radius 1 is 1.17 bits per heavy atom. The van der Waals surface area contributed by atoms with E-state index in [2.05, 4.69) is 17.6 Å². The molecule has 2 atom stereocenters. The molecule has 5 fully saturated rings. The Labute approximate surface area is 138 Å². The average molecular weight is 320 g/mol. The van der Waals surface area contributed by atoms with E-state index in [1.54, 1.807) is 0 Å². The summed E-state index contributed by atoms with van der Waals surface area (Å²) in [6.07, 6.45) is 8.45. The molecule has 0 spiro atoms. The van der Waals surface area contributed by atoms with Gasteiger partial charge in [-0.3, -0.25) is 9.69 Å². The van der Waals surface area contributed by atoms with Crippen molar-refractivity contribution < 1.29 is 14.9 Å². The molecule has 4 bridgehead atoms. The Balaban J connectivity index is 1.42. The number of carbonyl (C=O) groups excluding carboxylic acids is 2. The van der Waals surface area contributed by atoms with Crippen molar-refractivity contribution in [3.05, 3.63) is 0 Å². The third-order valence-corrected chi connectivity index (χ3v) is 7.14. The largest absolute Gasteiger partial charge is 0.336 e. The predicted octanol–water partition coefficient (Wildman–Crippen LogP) is 1.09. The molecule has 0 aromatic heterocycles. The monoisotopic (exact) mass is 320 g/mol. The molecule has 128 valence electrons. The molecule has 1 heterocycles. The number of hydrogen-bond acceptors (Lipinski definition) is 2. The minimum absolute atomic E-state index is 0.0309. The van der Waals surface area contributed by atoms with E-state index in [-0.39, 0.29) is 18.0 Å². The van der Waals surface area contributed by atoms with Crippen molar-refractivity contribution in [2.24, 2.45) is 23.2 Å². The second-order valence-electron chi connectivity index (χ2n) is 8.77. The second-order valence-corrected chi connectivity index (χ2v) is 8.77. The van der Waals surface area contributed by atoms with Crippen LogP contribution in [0.1, 0.15) is 52.4 Å². The molecule has 1 aliphatic heterocycles. The zero-order valence-corrected chi connectivity index (χ0v) is 14.4. The minimum atomic E-state index is -0.224. The first-order chi connectivity index (χ1) is 11.0. The van der Waals surface area contributed by atoms with Gasteiger partial charge in [0.15, 0.2) is 6.04 Å². The Kier molecular flexibility index (Phi) is 3.67. The third kappa shape index (κ3) is 2.57. The average Bonchev–Trinajstić information content (AvgIpc) is 2.91. The number of hydrogen-bond donors (Lipinski definition) is 2. The number of quaternary nitrogens is 1. The fraction of sp³-hybridized carbons (Fsp3) is 0.889. The fourth-order valence-corrected chi connectivity index (χ4v) is 6.38. The van der Waals surface area contributed by atoms with Crippen molar-refractivity contribution in [1.29, 1.82) is 0 Å². The number of amides is 3. The molecule has 5 rings (SSSR count). The smallest absolute Gasteiger partial charge is 0.324 e. The molecule has 0 aromatic rings. The van der Waals surface area contributed by atoms with Gasteiger partial charge in [0.2, 0.25) is 0 Å². The summed E-state index contributed by atoms with van der Waals surface area (Å²) in [5.74, 6) is 2.78. The van der Waals surface area contributed by atoms with E-state index >= 15 is 0 Å². The fourth-order valence-electron chi connectivity index (χ4n) is 6.38. The third-order valence-electron chi connectivity index (χ3n) is 7.14. The Morgan fingerprint density at radius 2 is 1.74 bits per heavy atom. The van der Waals surface area contributed by atoms with E-state index in [0.717, 1.165) is 17.8 Å². The lowest BCUT2D eigenvalue weighted by atomic mass is 9.48. The van der Waals surface area contributed by atoms with Crippen LogP contribution in [0.3, 0.4) is 0 Å². The molecule has 5 aliphatic rings. The van der Waals surface area contributed by atoms with Crippen LogP contribution in [0.15, 0.2) is 0 Å². The summed E-state index contributed by atoms with van der Waals surface area (Å²) in [5, 5.41) is 4.97. The Morgan fingerprint density at radius 3 is 2.22 bits per heavy atom. The molecule has 3 amide bonds. The molecule has 0 unspecified atom stereocenters. The maximum Gasteiger partial charge on any atom is 0.324 e. The molecule has 5 heteroatoms. The SMILES string of the molecule is C[C@H]([NH2+][C@@H](C)C12CC3CC(CC(C3)C1)C2)C(=O)N1CCNC1=O. The summed E-state index contributed by atoms with van der Waals surface area (Å²) in [7, 11) is 0. The second kappa shape index (κ2) is 5.47. The minimum Gasteiger partial charge on any atom is -0.336 e. The van der Waals surface area contributed by atoms with Crippen LogP contribution < -0.4 is 10.6 Å². The highest BCUT2D eigenvalue weighted by Gasteiger charge is 2.55. The maximum absolute atomic E-state index is 12.6. The van der Waals surface area contributed by atoms with E-state index in [1.165, 1.54) is 43.4 Å². The van der Waals surface area contributed by atoms with Crippen molar-refractivity contribution in [2.45, 2.75) is 64.5 Å². The van der Waals surface area contributed by atoms with Gasteiger partial charge in [0, 0.05) is 18.5 Å². The summed E-state index contributed by atoms with van der Waals surface area (Å²) >= 11 is 0. The van der Waals surface area contributed by atoms with Crippen LogP contribution in [-0.2, 0) is 4.79 Å². The highest BCUT2D eigenvalue weighted by molar-refractivity contribution is 5.97. The van der Waals surface area contributed by atoms with E-state index < -0.39 is 0 Å². The van der Waals surface area contributed by atoms with E-state index in [9.17, 15) is 9.59 Å². The van der Waals surface area contributed by atoms with Gasteiger partial charge in [-0.15, -0.1) is 0 Å². The van der Waals surface area contributed by atoms with Crippen molar-refractivity contribution in [3.63, 3.8) is 0 Å². The van der Waals surface area contributed by atoms with Crippen LogP contribution in [0.5, 0.6) is 0 Å². The number of rotatable bonds is 4. The summed E-state index contributed by atoms with van der Waals surface area (Å²) in [6.45, 7) is 5.38. The first kappa shape index (κ1) is 15.4. The lowest BCUT2D eigenvalue weighted by Gasteiger charge is -2.58. The van der Waals surface area contributed by atoms with Crippen LogP contribution in [0.4, 0.5) is 4.79 Å². The lowest BCUT2D eigenvalue weighted by Crippen LogP contribution is -2.98. The molecule has 3 N–H and O–H groups in total. The topological polar surface area (TPSA) is 66.0 Å². The quantitative estimate of drug-likeness (QED) is 0.814. The predicted molar refractivity (Wildman–Crippen MR) is 86.6 cm³/mol. The van der Waals surface area contributed by atoms with Crippen molar-refractivity contribution in [1.82, 2.24) is 10.2 Å². The number of nitrogens with two attached hydrogens (primary N) is 1. The van der Waals surface area contributed by atoms with Crippen LogP contribution in [-0.4, -0.2) is 42.0 Å². The van der Waals surface area contributed by atoms with Gasteiger partial charge in [0.05, 0.1) is 6.04 Å². The molecule has 23 heavy (non-hydrogen) atoms. The molecule has 4 saturated carbocycles. The normalized spacial score (nSPS) is 41.0. The van der Waals surface area contributed by atoms with Gasteiger partial charge < -0.3 is 10.6 Å². The Hall–Kier alpha value is -1.10. The molecule has 5 nitrogen and oxygen atoms in total.